The van der Waals surface area contributed by atoms with Crippen LogP contribution in [0, 0.1) is 11.6 Å². The lowest BCUT2D eigenvalue weighted by molar-refractivity contribution is 0.0601. The van der Waals surface area contributed by atoms with E-state index in [4.69, 9.17) is 4.74 Å². The SMILES string of the molecule is OC1CCCC1Oc1ccc(F)c(F)c1. The predicted molar refractivity (Wildman–Crippen MR) is 50.6 cm³/mol. The van der Waals surface area contributed by atoms with Crippen LogP contribution in [-0.2, 0) is 0 Å². The van der Waals surface area contributed by atoms with E-state index in [0.717, 1.165) is 25.0 Å². The molecule has 82 valence electrons. The van der Waals surface area contributed by atoms with Gasteiger partial charge in [-0.15, -0.1) is 0 Å². The molecular formula is C11H12F2O2. The van der Waals surface area contributed by atoms with Crippen LogP contribution in [0.4, 0.5) is 8.78 Å². The molecule has 0 heterocycles. The molecule has 15 heavy (non-hydrogen) atoms. The van der Waals surface area contributed by atoms with E-state index in [-0.39, 0.29) is 11.9 Å². The van der Waals surface area contributed by atoms with Crippen LogP contribution in [0.2, 0.25) is 0 Å². The number of rotatable bonds is 2. The zero-order valence-corrected chi connectivity index (χ0v) is 8.12. The van der Waals surface area contributed by atoms with Gasteiger partial charge in [-0.3, -0.25) is 0 Å². The molecular weight excluding hydrogens is 202 g/mol. The third-order valence-electron chi connectivity index (χ3n) is 2.60. The van der Waals surface area contributed by atoms with Crippen LogP contribution < -0.4 is 4.74 Å². The quantitative estimate of drug-likeness (QED) is 0.818. The maximum absolute atomic E-state index is 12.8. The van der Waals surface area contributed by atoms with Gasteiger partial charge < -0.3 is 9.84 Å². The van der Waals surface area contributed by atoms with E-state index in [1.54, 1.807) is 0 Å². The highest BCUT2D eigenvalue weighted by molar-refractivity contribution is 5.24. The maximum Gasteiger partial charge on any atom is 0.162 e. The fourth-order valence-electron chi connectivity index (χ4n) is 1.77. The molecule has 1 saturated carbocycles. The van der Waals surface area contributed by atoms with Crippen LogP contribution in [0.5, 0.6) is 5.75 Å². The number of halogens is 2. The average Bonchev–Trinajstić information content (AvgIpc) is 2.59. The Bertz CT molecular complexity index is 354. The van der Waals surface area contributed by atoms with E-state index in [9.17, 15) is 13.9 Å². The summed E-state index contributed by atoms with van der Waals surface area (Å²) in [5, 5.41) is 9.48. The minimum atomic E-state index is -0.931. The summed E-state index contributed by atoms with van der Waals surface area (Å²) in [4.78, 5) is 0. The third kappa shape index (κ3) is 2.26. The van der Waals surface area contributed by atoms with Gasteiger partial charge in [-0.05, 0) is 31.4 Å². The van der Waals surface area contributed by atoms with Crippen molar-refractivity contribution in [2.75, 3.05) is 0 Å². The molecule has 2 atom stereocenters. The second kappa shape index (κ2) is 4.14. The number of ether oxygens (including phenoxy) is 1. The molecule has 0 aromatic heterocycles. The molecule has 0 bridgehead atoms. The minimum absolute atomic E-state index is 0.264. The van der Waals surface area contributed by atoms with Crippen molar-refractivity contribution in [1.29, 1.82) is 0 Å². The summed E-state index contributed by atoms with van der Waals surface area (Å²) in [6.07, 6.45) is 1.55. The van der Waals surface area contributed by atoms with Crippen molar-refractivity contribution < 1.29 is 18.6 Å². The van der Waals surface area contributed by atoms with Crippen molar-refractivity contribution in [2.45, 2.75) is 31.5 Å². The fourth-order valence-corrected chi connectivity index (χ4v) is 1.77. The second-order valence-corrected chi connectivity index (χ2v) is 3.73. The van der Waals surface area contributed by atoms with E-state index >= 15 is 0 Å². The van der Waals surface area contributed by atoms with Gasteiger partial charge in [-0.25, -0.2) is 8.78 Å². The Balaban J connectivity index is 2.07. The van der Waals surface area contributed by atoms with Crippen molar-refractivity contribution in [3.63, 3.8) is 0 Å². The summed E-state index contributed by atoms with van der Waals surface area (Å²) >= 11 is 0. The van der Waals surface area contributed by atoms with Crippen LogP contribution in [0.1, 0.15) is 19.3 Å². The monoisotopic (exact) mass is 214 g/mol. The summed E-state index contributed by atoms with van der Waals surface area (Å²) in [5.74, 6) is -1.56. The number of aliphatic hydroxyl groups excluding tert-OH is 1. The van der Waals surface area contributed by atoms with Crippen molar-refractivity contribution in [2.24, 2.45) is 0 Å². The standard InChI is InChI=1S/C11H12F2O2/c12-8-5-4-7(6-9(8)13)15-11-3-1-2-10(11)14/h4-6,10-11,14H,1-3H2. The van der Waals surface area contributed by atoms with Gasteiger partial charge in [0.05, 0.1) is 6.10 Å². The van der Waals surface area contributed by atoms with Crippen molar-refractivity contribution in [3.05, 3.63) is 29.8 Å². The highest BCUT2D eigenvalue weighted by Crippen LogP contribution is 2.25. The maximum atomic E-state index is 12.8. The van der Waals surface area contributed by atoms with Crippen LogP contribution in [0.25, 0.3) is 0 Å². The van der Waals surface area contributed by atoms with E-state index in [1.807, 2.05) is 0 Å². The first-order chi connectivity index (χ1) is 7.16. The van der Waals surface area contributed by atoms with Gasteiger partial charge in [0.2, 0.25) is 0 Å². The Morgan fingerprint density at radius 1 is 1.20 bits per heavy atom. The zero-order valence-electron chi connectivity index (χ0n) is 8.12. The molecule has 1 aromatic rings. The van der Waals surface area contributed by atoms with Gasteiger partial charge in [0.15, 0.2) is 11.6 Å². The molecule has 4 heteroatoms. The molecule has 1 aliphatic carbocycles. The Morgan fingerprint density at radius 3 is 2.60 bits per heavy atom. The first kappa shape index (κ1) is 10.4. The van der Waals surface area contributed by atoms with Gasteiger partial charge in [0.1, 0.15) is 11.9 Å². The highest BCUT2D eigenvalue weighted by Gasteiger charge is 2.27. The summed E-state index contributed by atoms with van der Waals surface area (Å²) in [6.45, 7) is 0. The second-order valence-electron chi connectivity index (χ2n) is 3.73. The van der Waals surface area contributed by atoms with Crippen molar-refractivity contribution >= 4 is 0 Å². The number of hydrogen-bond acceptors (Lipinski definition) is 2. The fraction of sp³-hybridized carbons (Fsp3) is 0.455. The van der Waals surface area contributed by atoms with Crippen LogP contribution >= 0.6 is 0 Å². The molecule has 0 radical (unpaired) electrons. The Kier molecular flexibility index (Phi) is 2.86. The first-order valence-corrected chi connectivity index (χ1v) is 4.96. The number of benzene rings is 1. The summed E-state index contributed by atoms with van der Waals surface area (Å²) in [7, 11) is 0. The Labute approximate surface area is 86.5 Å². The lowest BCUT2D eigenvalue weighted by Crippen LogP contribution is -2.25. The van der Waals surface area contributed by atoms with Gasteiger partial charge in [0.25, 0.3) is 0 Å². The molecule has 0 amide bonds. The van der Waals surface area contributed by atoms with Gasteiger partial charge in [-0.2, -0.15) is 0 Å². The molecule has 2 rings (SSSR count). The van der Waals surface area contributed by atoms with Crippen LogP contribution in [0.15, 0.2) is 18.2 Å². The molecule has 2 unspecified atom stereocenters. The Morgan fingerprint density at radius 2 is 2.00 bits per heavy atom. The summed E-state index contributed by atoms with van der Waals surface area (Å²) in [5.41, 5.74) is 0. The molecule has 1 fully saturated rings. The molecule has 1 N–H and O–H groups in total. The normalized spacial score (nSPS) is 25.5. The topological polar surface area (TPSA) is 29.5 Å². The average molecular weight is 214 g/mol. The van der Waals surface area contributed by atoms with Gasteiger partial charge in [-0.1, -0.05) is 0 Å². The van der Waals surface area contributed by atoms with E-state index < -0.39 is 17.7 Å². The highest BCUT2D eigenvalue weighted by atomic mass is 19.2. The van der Waals surface area contributed by atoms with Crippen molar-refractivity contribution in [1.82, 2.24) is 0 Å². The number of aliphatic hydroxyl groups is 1. The summed E-state index contributed by atoms with van der Waals surface area (Å²) < 4.78 is 30.8. The lowest BCUT2D eigenvalue weighted by atomic mass is 10.2. The molecule has 0 spiro atoms. The molecule has 1 aromatic carbocycles. The lowest BCUT2D eigenvalue weighted by Gasteiger charge is -2.16. The predicted octanol–water partition coefficient (Wildman–Crippen LogP) is 2.26. The van der Waals surface area contributed by atoms with E-state index in [0.29, 0.717) is 6.42 Å². The van der Waals surface area contributed by atoms with E-state index in [2.05, 4.69) is 0 Å². The minimum Gasteiger partial charge on any atom is -0.488 e. The van der Waals surface area contributed by atoms with Gasteiger partial charge in [0, 0.05) is 6.07 Å². The third-order valence-corrected chi connectivity index (χ3v) is 2.60. The van der Waals surface area contributed by atoms with Gasteiger partial charge >= 0.3 is 0 Å². The molecule has 0 aliphatic heterocycles. The van der Waals surface area contributed by atoms with Crippen LogP contribution in [0.3, 0.4) is 0 Å². The number of hydrogen-bond donors (Lipinski definition) is 1. The Hall–Kier alpha value is -1.16. The van der Waals surface area contributed by atoms with Crippen LogP contribution in [-0.4, -0.2) is 17.3 Å². The largest absolute Gasteiger partial charge is 0.488 e. The van der Waals surface area contributed by atoms with Crippen molar-refractivity contribution in [3.8, 4) is 5.75 Å². The molecule has 2 nitrogen and oxygen atoms in total. The molecule has 0 saturated heterocycles. The first-order valence-electron chi connectivity index (χ1n) is 4.96. The smallest absolute Gasteiger partial charge is 0.162 e. The summed E-state index contributed by atoms with van der Waals surface area (Å²) in [6, 6.07) is 3.38. The molecule has 1 aliphatic rings. The van der Waals surface area contributed by atoms with E-state index in [1.165, 1.54) is 6.07 Å². The zero-order chi connectivity index (χ0) is 10.8.